The Kier molecular flexibility index (Phi) is 2.30. The summed E-state index contributed by atoms with van der Waals surface area (Å²) in [6.45, 7) is 1.18. The zero-order chi connectivity index (χ0) is 11.9. The van der Waals surface area contributed by atoms with E-state index in [-0.39, 0.29) is 0 Å². The van der Waals surface area contributed by atoms with Gasteiger partial charge in [0.1, 0.15) is 0 Å². The zero-order valence-electron chi connectivity index (χ0n) is 10.4. The summed E-state index contributed by atoms with van der Waals surface area (Å²) >= 11 is 0. The molecule has 18 heavy (non-hydrogen) atoms. The molecule has 2 unspecified atom stereocenters. The number of furan rings is 1. The third-order valence-corrected chi connectivity index (χ3v) is 4.42. The summed E-state index contributed by atoms with van der Waals surface area (Å²) in [5.74, 6) is 0.723. The number of nitrogens with one attached hydrogen (secondary N) is 1. The normalized spacial score (nSPS) is 25.8. The van der Waals surface area contributed by atoms with Gasteiger partial charge in [-0.2, -0.15) is 0 Å². The summed E-state index contributed by atoms with van der Waals surface area (Å²) in [4.78, 5) is 0. The molecule has 2 heterocycles. The smallest absolute Gasteiger partial charge is 0.0980 e. The second-order valence-electron chi connectivity index (χ2n) is 5.44. The minimum atomic E-state index is 0.674. The Balaban J connectivity index is 1.76. The van der Waals surface area contributed by atoms with Crippen molar-refractivity contribution in [2.45, 2.75) is 31.2 Å². The molecule has 2 heteroatoms. The van der Waals surface area contributed by atoms with Crippen LogP contribution in [0.3, 0.4) is 0 Å². The maximum Gasteiger partial charge on any atom is 0.0980 e. The summed E-state index contributed by atoms with van der Waals surface area (Å²) < 4.78 is 5.18. The fraction of sp³-hybridized carbons (Fsp3) is 0.375. The molecule has 0 spiro atoms. The van der Waals surface area contributed by atoms with Crippen LogP contribution in [0.2, 0.25) is 0 Å². The van der Waals surface area contributed by atoms with Crippen LogP contribution in [0, 0.1) is 0 Å². The van der Waals surface area contributed by atoms with Crippen LogP contribution in [-0.2, 0) is 6.42 Å². The number of benzene rings is 1. The summed E-state index contributed by atoms with van der Waals surface area (Å²) in [5, 5.41) is 3.66. The SMILES string of the molecule is c1cc(-c2ccc3c(c2)C2CCCNC2C3)co1. The molecule has 0 saturated carbocycles. The highest BCUT2D eigenvalue weighted by atomic mass is 16.3. The first-order chi connectivity index (χ1) is 8.92. The Morgan fingerprint density at radius 2 is 2.17 bits per heavy atom. The van der Waals surface area contributed by atoms with E-state index in [4.69, 9.17) is 4.42 Å². The van der Waals surface area contributed by atoms with E-state index in [2.05, 4.69) is 23.5 Å². The van der Waals surface area contributed by atoms with Crippen LogP contribution in [0.25, 0.3) is 11.1 Å². The van der Waals surface area contributed by atoms with Crippen LogP contribution in [-0.4, -0.2) is 12.6 Å². The molecule has 2 atom stereocenters. The molecule has 1 N–H and O–H groups in total. The molecule has 2 aromatic rings. The molecule has 4 rings (SSSR count). The summed E-state index contributed by atoms with van der Waals surface area (Å²) in [6, 6.07) is 9.61. The number of rotatable bonds is 1. The van der Waals surface area contributed by atoms with Gasteiger partial charge in [0.05, 0.1) is 12.5 Å². The standard InChI is InChI=1S/C16H17NO/c1-2-14-15-8-11(13-5-7-18-10-13)3-4-12(15)9-16(14)17-6-1/h3-5,7-8,10,14,16-17H,1-2,6,9H2. The number of fused-ring (bicyclic) bond motifs is 3. The van der Waals surface area contributed by atoms with E-state index in [0.29, 0.717) is 6.04 Å². The average molecular weight is 239 g/mol. The van der Waals surface area contributed by atoms with Gasteiger partial charge in [0.25, 0.3) is 0 Å². The summed E-state index contributed by atoms with van der Waals surface area (Å²) in [6.07, 6.45) is 7.41. The highest BCUT2D eigenvalue weighted by Gasteiger charge is 2.33. The van der Waals surface area contributed by atoms with Crippen LogP contribution in [0.4, 0.5) is 0 Å². The Hall–Kier alpha value is -1.54. The van der Waals surface area contributed by atoms with Crippen LogP contribution in [0.15, 0.2) is 41.2 Å². The molecule has 0 radical (unpaired) electrons. The average Bonchev–Trinajstić information content (AvgIpc) is 3.05. The van der Waals surface area contributed by atoms with Crippen molar-refractivity contribution in [3.63, 3.8) is 0 Å². The molecule has 1 aromatic heterocycles. The van der Waals surface area contributed by atoms with Gasteiger partial charge in [-0.05, 0) is 54.5 Å². The van der Waals surface area contributed by atoms with Crippen molar-refractivity contribution in [3.8, 4) is 11.1 Å². The first-order valence-electron chi connectivity index (χ1n) is 6.80. The molecule has 2 aliphatic rings. The van der Waals surface area contributed by atoms with E-state index in [0.717, 1.165) is 5.92 Å². The lowest BCUT2D eigenvalue weighted by atomic mass is 9.89. The van der Waals surface area contributed by atoms with Crippen molar-refractivity contribution >= 4 is 0 Å². The monoisotopic (exact) mass is 239 g/mol. The second kappa shape index (κ2) is 3.99. The van der Waals surface area contributed by atoms with Crippen molar-refractivity contribution < 1.29 is 4.42 Å². The van der Waals surface area contributed by atoms with Gasteiger partial charge < -0.3 is 9.73 Å². The van der Waals surface area contributed by atoms with Crippen LogP contribution in [0.5, 0.6) is 0 Å². The number of hydrogen-bond donors (Lipinski definition) is 1. The zero-order valence-corrected chi connectivity index (χ0v) is 10.4. The van der Waals surface area contributed by atoms with E-state index in [1.165, 1.54) is 42.5 Å². The quantitative estimate of drug-likeness (QED) is 0.825. The fourth-order valence-corrected chi connectivity index (χ4v) is 3.51. The molecule has 1 saturated heterocycles. The first-order valence-corrected chi connectivity index (χ1v) is 6.80. The minimum absolute atomic E-state index is 0.674. The highest BCUT2D eigenvalue weighted by molar-refractivity contribution is 5.64. The van der Waals surface area contributed by atoms with E-state index >= 15 is 0 Å². The maximum absolute atomic E-state index is 5.18. The largest absolute Gasteiger partial charge is 0.472 e. The molecule has 1 aliphatic heterocycles. The Morgan fingerprint density at radius 3 is 3.06 bits per heavy atom. The van der Waals surface area contributed by atoms with Crippen molar-refractivity contribution in [2.75, 3.05) is 6.54 Å². The molecule has 1 aliphatic carbocycles. The number of piperidine rings is 1. The lowest BCUT2D eigenvalue weighted by Gasteiger charge is -2.27. The van der Waals surface area contributed by atoms with E-state index in [1.54, 1.807) is 11.8 Å². The van der Waals surface area contributed by atoms with Gasteiger partial charge >= 0.3 is 0 Å². The van der Waals surface area contributed by atoms with E-state index in [9.17, 15) is 0 Å². The van der Waals surface area contributed by atoms with E-state index in [1.807, 2.05) is 12.3 Å². The lowest BCUT2D eigenvalue weighted by molar-refractivity contribution is 0.372. The maximum atomic E-state index is 5.18. The van der Waals surface area contributed by atoms with Gasteiger partial charge in [0.15, 0.2) is 0 Å². The van der Waals surface area contributed by atoms with Crippen LogP contribution in [0.1, 0.15) is 29.9 Å². The third-order valence-electron chi connectivity index (χ3n) is 4.42. The van der Waals surface area contributed by atoms with Gasteiger partial charge in [-0.3, -0.25) is 0 Å². The van der Waals surface area contributed by atoms with Crippen molar-refractivity contribution in [1.29, 1.82) is 0 Å². The van der Waals surface area contributed by atoms with Gasteiger partial charge in [-0.1, -0.05) is 18.2 Å². The Labute approximate surface area is 107 Å². The lowest BCUT2D eigenvalue weighted by Crippen LogP contribution is -2.37. The van der Waals surface area contributed by atoms with Gasteiger partial charge in [-0.25, -0.2) is 0 Å². The van der Waals surface area contributed by atoms with Gasteiger partial charge in [0.2, 0.25) is 0 Å². The summed E-state index contributed by atoms with van der Waals surface area (Å²) in [7, 11) is 0. The van der Waals surface area contributed by atoms with E-state index < -0.39 is 0 Å². The van der Waals surface area contributed by atoms with Crippen LogP contribution < -0.4 is 5.32 Å². The molecule has 92 valence electrons. The Morgan fingerprint density at radius 1 is 1.17 bits per heavy atom. The van der Waals surface area contributed by atoms with Gasteiger partial charge in [-0.15, -0.1) is 0 Å². The molecule has 2 nitrogen and oxygen atoms in total. The molecule has 1 aromatic carbocycles. The predicted molar refractivity (Wildman–Crippen MR) is 71.6 cm³/mol. The second-order valence-corrected chi connectivity index (χ2v) is 5.44. The molecule has 0 amide bonds. The molecule has 1 fully saturated rings. The van der Waals surface area contributed by atoms with Crippen LogP contribution >= 0.6 is 0 Å². The molecular formula is C16H17NO. The van der Waals surface area contributed by atoms with Crippen molar-refractivity contribution in [2.24, 2.45) is 0 Å². The third kappa shape index (κ3) is 1.52. The van der Waals surface area contributed by atoms with Crippen molar-refractivity contribution in [3.05, 3.63) is 47.9 Å². The first kappa shape index (κ1) is 10.4. The van der Waals surface area contributed by atoms with Gasteiger partial charge in [0, 0.05) is 11.6 Å². The molecular weight excluding hydrogens is 222 g/mol. The minimum Gasteiger partial charge on any atom is -0.472 e. The Bertz CT molecular complexity index is 558. The highest BCUT2D eigenvalue weighted by Crippen LogP contribution is 2.40. The predicted octanol–water partition coefficient (Wildman–Crippen LogP) is 3.34. The summed E-state index contributed by atoms with van der Waals surface area (Å²) in [5.41, 5.74) is 5.57. The fourth-order valence-electron chi connectivity index (χ4n) is 3.51. The van der Waals surface area contributed by atoms with Crippen molar-refractivity contribution in [1.82, 2.24) is 5.32 Å². The molecule has 0 bridgehead atoms. The topological polar surface area (TPSA) is 25.2 Å². The number of hydrogen-bond acceptors (Lipinski definition) is 2.